The standard InChI is InChI=1S/C79H87ClN20O16/c1-50-69-57-13-9-10-14-58(57)70(52-17-19-53(80)20-18-52)90-59(71(69)116-95-50)44-67(104)87-54-21-15-51(16-22-54)12-8-7-11-26-81-68(105)49-115-41-40-114-39-38-113-37-36-112-35-34-111-33-31-82-64(101)23-27-86-77(108)73-93-62(47-99(73)5)91-65(102)24-28-85-76(107)61-43-56(46-98(61)4)89-79(110)74-94-63(48-100(74)6)92-66(103)25-29-84-75(106)60-42-55(45-97(60)3)88-78(109)72-83-30-32-96(72)2/h9-10,13-22,30,32,42-43,45-48,59H,23-29,31,33-41,44,49H2,1-6H3,(H,81,105)(H,82,101)(H,84,106)(H,85,107)(H,86,108)(H,87,104)(H,88,109)(H,89,110)(H,91,102)(H,92,103)/t59-/m0/s1. The zero-order valence-electron chi connectivity index (χ0n) is 64.4. The van der Waals surface area contributed by atoms with Crippen molar-refractivity contribution in [2.24, 2.45) is 40.2 Å². The van der Waals surface area contributed by atoms with E-state index in [0.29, 0.717) is 66.4 Å². The topological polar surface area (TPSA) is 439 Å². The van der Waals surface area contributed by atoms with E-state index in [-0.39, 0.29) is 155 Å². The fourth-order valence-electron chi connectivity index (χ4n) is 11.6. The van der Waals surface area contributed by atoms with Crippen LogP contribution in [0.3, 0.4) is 0 Å². The quantitative estimate of drug-likeness (QED) is 0.0185. The van der Waals surface area contributed by atoms with Crippen molar-refractivity contribution >= 4 is 105 Å². The van der Waals surface area contributed by atoms with Gasteiger partial charge in [0.05, 0.1) is 101 Å². The highest BCUT2D eigenvalue weighted by Crippen LogP contribution is 2.41. The zero-order chi connectivity index (χ0) is 82.5. The molecule has 10 rings (SSSR count). The van der Waals surface area contributed by atoms with Crippen LogP contribution in [0.4, 0.5) is 28.7 Å². The van der Waals surface area contributed by atoms with Gasteiger partial charge in [0.1, 0.15) is 24.0 Å². The summed E-state index contributed by atoms with van der Waals surface area (Å²) in [5.41, 5.74) is 7.20. The number of nitrogens with zero attached hydrogens (tertiary/aromatic N) is 10. The number of imidazole rings is 3. The van der Waals surface area contributed by atoms with Gasteiger partial charge in [-0.25, -0.2) is 15.0 Å². The molecule has 7 heterocycles. The Labute approximate surface area is 670 Å². The average molecular weight is 1610 g/mol. The molecule has 1 atom stereocenters. The zero-order valence-corrected chi connectivity index (χ0v) is 65.2. The molecule has 9 aromatic rings. The molecular formula is C79H87ClN20O16. The third kappa shape index (κ3) is 25.1. The van der Waals surface area contributed by atoms with Crippen LogP contribution in [0.1, 0.15) is 113 Å². The summed E-state index contributed by atoms with van der Waals surface area (Å²) in [6, 6.07) is 24.6. The normalized spacial score (nSPS) is 11.9. The van der Waals surface area contributed by atoms with Gasteiger partial charge in [-0.15, -0.1) is 0 Å². The lowest BCUT2D eigenvalue weighted by Gasteiger charge is -2.13. The van der Waals surface area contributed by atoms with Crippen LogP contribution >= 0.6 is 11.6 Å². The van der Waals surface area contributed by atoms with Crippen molar-refractivity contribution < 1.29 is 76.2 Å². The Kier molecular flexibility index (Phi) is 31.2. The Bertz CT molecular complexity index is 5180. The Morgan fingerprint density at radius 2 is 1.03 bits per heavy atom. The number of aromatic nitrogens is 9. The summed E-state index contributed by atoms with van der Waals surface area (Å²) >= 11 is 6.22. The summed E-state index contributed by atoms with van der Waals surface area (Å²) in [7, 11) is 8.02. The van der Waals surface area contributed by atoms with Gasteiger partial charge in [-0.2, -0.15) is 0 Å². The highest BCUT2D eigenvalue weighted by atomic mass is 35.5. The molecule has 0 spiro atoms. The van der Waals surface area contributed by atoms with E-state index in [1.165, 1.54) is 55.2 Å². The monoisotopic (exact) mass is 1610 g/mol. The third-order valence-corrected chi connectivity index (χ3v) is 17.5. The number of nitrogens with one attached hydrogen (secondary N) is 10. The molecule has 0 bridgehead atoms. The molecule has 0 saturated carbocycles. The van der Waals surface area contributed by atoms with E-state index in [0.717, 1.165) is 28.0 Å². The van der Waals surface area contributed by atoms with Crippen LogP contribution in [0.25, 0.3) is 11.1 Å². The van der Waals surface area contributed by atoms with Crippen molar-refractivity contribution in [2.75, 3.05) is 125 Å². The Morgan fingerprint density at radius 1 is 0.491 bits per heavy atom. The largest absolute Gasteiger partial charge is 0.377 e. The lowest BCUT2D eigenvalue weighted by atomic mass is 9.93. The molecule has 6 aromatic heterocycles. The minimum Gasteiger partial charge on any atom is -0.377 e. The lowest BCUT2D eigenvalue weighted by Crippen LogP contribution is -2.33. The minimum absolute atomic E-state index is 0.000258. The van der Waals surface area contributed by atoms with Crippen LogP contribution in [0.2, 0.25) is 5.02 Å². The summed E-state index contributed by atoms with van der Waals surface area (Å²) in [6.45, 7) is 4.52. The van der Waals surface area contributed by atoms with Crippen molar-refractivity contribution in [2.45, 2.75) is 38.6 Å². The fraction of sp³-hybridized carbons (Fsp3) is 0.329. The van der Waals surface area contributed by atoms with Crippen LogP contribution in [0.15, 0.2) is 132 Å². The van der Waals surface area contributed by atoms with Gasteiger partial charge < -0.3 is 104 Å². The van der Waals surface area contributed by atoms with Crippen LogP contribution in [0, 0.1) is 30.6 Å². The summed E-state index contributed by atoms with van der Waals surface area (Å²) in [4.78, 5) is 146. The maximum Gasteiger partial charge on any atom is 0.291 e. The second-order valence-electron chi connectivity index (χ2n) is 26.0. The summed E-state index contributed by atoms with van der Waals surface area (Å²) < 4.78 is 40.6. The summed E-state index contributed by atoms with van der Waals surface area (Å²) in [5.74, 6) is 7.42. The molecule has 1 aliphatic rings. The van der Waals surface area contributed by atoms with Gasteiger partial charge >= 0.3 is 0 Å². The first kappa shape index (κ1) is 85.1. The minimum atomic E-state index is -0.651. The average Bonchev–Trinajstić information content (AvgIpc) is 1.62. The van der Waals surface area contributed by atoms with E-state index in [1.807, 2.05) is 55.5 Å². The number of carbonyl (C=O) groups excluding carboxylic acids is 10. The second kappa shape index (κ2) is 42.5. The maximum absolute atomic E-state index is 13.5. The molecule has 0 radical (unpaired) electrons. The molecule has 10 N–H and O–H groups in total. The Morgan fingerprint density at radius 3 is 1.60 bits per heavy atom. The number of aryl methyl sites for hydroxylation is 6. The van der Waals surface area contributed by atoms with E-state index in [9.17, 15) is 47.9 Å². The molecule has 37 heteroatoms. The van der Waals surface area contributed by atoms with Crippen molar-refractivity contribution in [1.29, 1.82) is 0 Å². The third-order valence-electron chi connectivity index (χ3n) is 17.2. The highest BCUT2D eigenvalue weighted by molar-refractivity contribution is 6.31. The molecule has 0 aliphatic carbocycles. The van der Waals surface area contributed by atoms with Gasteiger partial charge in [0.2, 0.25) is 41.2 Å². The molecule has 606 valence electrons. The maximum atomic E-state index is 13.5. The van der Waals surface area contributed by atoms with Crippen LogP contribution < -0.4 is 53.2 Å². The predicted octanol–water partition coefficient (Wildman–Crippen LogP) is 4.61. The van der Waals surface area contributed by atoms with Gasteiger partial charge in [0, 0.05) is 145 Å². The number of ether oxygens (including phenoxy) is 5. The smallest absolute Gasteiger partial charge is 0.291 e. The van der Waals surface area contributed by atoms with Crippen molar-refractivity contribution in [1.82, 2.24) is 69.5 Å². The van der Waals surface area contributed by atoms with Gasteiger partial charge in [0.15, 0.2) is 23.2 Å². The van der Waals surface area contributed by atoms with Crippen LogP contribution in [-0.4, -0.2) is 207 Å². The van der Waals surface area contributed by atoms with Crippen LogP contribution in [-0.2, 0) is 82.9 Å². The van der Waals surface area contributed by atoms with E-state index in [2.05, 4.69) is 97.0 Å². The van der Waals surface area contributed by atoms with E-state index < -0.39 is 47.4 Å². The van der Waals surface area contributed by atoms with Crippen molar-refractivity contribution in [3.8, 4) is 34.8 Å². The number of amides is 10. The first-order valence-electron chi connectivity index (χ1n) is 36.7. The second-order valence-corrected chi connectivity index (χ2v) is 26.5. The van der Waals surface area contributed by atoms with E-state index in [1.54, 1.807) is 76.5 Å². The number of anilines is 5. The van der Waals surface area contributed by atoms with Gasteiger partial charge in [-0.3, -0.25) is 52.9 Å². The molecule has 0 fully saturated rings. The fourth-order valence-corrected chi connectivity index (χ4v) is 11.7. The molecule has 116 heavy (non-hydrogen) atoms. The van der Waals surface area contributed by atoms with Gasteiger partial charge in [0.25, 0.3) is 29.5 Å². The summed E-state index contributed by atoms with van der Waals surface area (Å²) in [6.07, 6.45) is 8.77. The van der Waals surface area contributed by atoms with Crippen molar-refractivity contribution in [3.05, 3.63) is 184 Å². The highest BCUT2D eigenvalue weighted by Gasteiger charge is 2.32. The number of halogens is 1. The van der Waals surface area contributed by atoms with E-state index >= 15 is 0 Å². The molecular weight excluding hydrogens is 1520 g/mol. The SMILES string of the molecule is Cc1noc2c1-c1ccccc1C(c1ccc(Cl)cc1)=N[C@H]2CC(=O)Nc1ccc(C#CC#CCNC(=O)COCCOCCOCCOCCOCCNC(=O)CCNC(=O)c2nc(NC(=O)CCNC(=O)c3cc(NC(=O)c4nc(NC(=O)CCNC(=O)c5cc(NC(=O)c6nccn6C)cn5C)cn4C)cn3C)cn2C)cc1. The number of fused-ring (bicyclic) bond motifs is 3. The molecule has 36 nitrogen and oxygen atoms in total. The van der Waals surface area contributed by atoms with Gasteiger partial charge in [-0.1, -0.05) is 65.0 Å². The number of benzene rings is 3. The predicted molar refractivity (Wildman–Crippen MR) is 425 cm³/mol. The molecule has 3 aromatic carbocycles. The van der Waals surface area contributed by atoms with Gasteiger partial charge in [-0.05, 0) is 72.9 Å². The first-order chi connectivity index (χ1) is 56.0. The first-order valence-corrected chi connectivity index (χ1v) is 37.1. The van der Waals surface area contributed by atoms with Crippen LogP contribution in [0.5, 0.6) is 0 Å². The molecule has 0 unspecified atom stereocenters. The lowest BCUT2D eigenvalue weighted by molar-refractivity contribution is -0.126. The molecule has 10 amide bonds. The molecule has 1 aliphatic heterocycles. The molecule has 0 saturated heterocycles. The number of rotatable bonds is 40. The number of aliphatic imine (C=N–C) groups is 1. The van der Waals surface area contributed by atoms with Crippen molar-refractivity contribution in [3.63, 3.8) is 0 Å². The number of carbonyl (C=O) groups is 10. The number of hydrogen-bond donors (Lipinski definition) is 10. The number of hydrogen-bond acceptors (Lipinski definition) is 21. The van der Waals surface area contributed by atoms with E-state index in [4.69, 9.17) is 44.8 Å². The Balaban J connectivity index is 0.494. The Hall–Kier alpha value is -13.4. The summed E-state index contributed by atoms with van der Waals surface area (Å²) in [5, 5.41) is 31.7.